The van der Waals surface area contributed by atoms with E-state index in [2.05, 4.69) is 26.8 Å². The third-order valence-electron chi connectivity index (χ3n) is 10.5. The van der Waals surface area contributed by atoms with Crippen LogP contribution in [0.4, 0.5) is 0 Å². The molecule has 5 heteroatoms. The first-order valence-corrected chi connectivity index (χ1v) is 13.1. The monoisotopic (exact) mass is 460 g/mol. The van der Waals surface area contributed by atoms with Crippen LogP contribution in [0.1, 0.15) is 86.0 Å². The molecule has 5 nitrogen and oxygen atoms in total. The molecular formula is C28H44O5. The number of hydrogen-bond donors (Lipinski definition) is 4. The molecule has 4 rings (SSSR count). The summed E-state index contributed by atoms with van der Waals surface area (Å²) in [6, 6.07) is 0. The van der Waals surface area contributed by atoms with Gasteiger partial charge in [-0.25, -0.2) is 4.79 Å². The molecule has 4 aliphatic rings. The average Bonchev–Trinajstić information content (AvgIpc) is 2.98. The first kappa shape index (κ1) is 24.9. The number of aliphatic carboxylic acids is 1. The summed E-state index contributed by atoms with van der Waals surface area (Å²) < 4.78 is 0. The molecule has 0 saturated heterocycles. The smallest absolute Gasteiger partial charge is 0.331 e. The van der Waals surface area contributed by atoms with E-state index in [4.69, 9.17) is 0 Å². The molecule has 1 unspecified atom stereocenters. The third kappa shape index (κ3) is 3.92. The maximum Gasteiger partial charge on any atom is 0.331 e. The second-order valence-corrected chi connectivity index (χ2v) is 12.4. The van der Waals surface area contributed by atoms with Gasteiger partial charge < -0.3 is 20.4 Å². The highest BCUT2D eigenvalue weighted by Crippen LogP contribution is 2.69. The Hall–Kier alpha value is -1.17. The standard InChI is InChI=1S/C28H44O5/c1-15(2)7-6-8-17(26(32)33)24-20-13-22(30)25-19(28(20,5)14-23(24)31)10-9-18-16(3)21(29)11-12-27(18,25)4/h7,16,18-23,25,29-31H,6,8-14H2,1-5H3,(H,32,33)/b24-17-/t16-,18?,19-,20-,21+,22+,23-,25-,27-,28+/m0/s1. The number of rotatable bonds is 4. The third-order valence-corrected chi connectivity index (χ3v) is 10.5. The van der Waals surface area contributed by atoms with Gasteiger partial charge in [-0.3, -0.25) is 0 Å². The zero-order chi connectivity index (χ0) is 24.3. The summed E-state index contributed by atoms with van der Waals surface area (Å²) in [5.74, 6) is 0.0112. The molecule has 10 atom stereocenters. The van der Waals surface area contributed by atoms with E-state index in [0.717, 1.165) is 31.3 Å². The van der Waals surface area contributed by atoms with Crippen LogP contribution < -0.4 is 0 Å². The van der Waals surface area contributed by atoms with Crippen LogP contribution in [0.5, 0.6) is 0 Å². The number of carboxylic acid groups (broad SMARTS) is 1. The molecule has 0 aromatic rings. The number of aliphatic hydroxyl groups is 3. The van der Waals surface area contributed by atoms with Gasteiger partial charge >= 0.3 is 5.97 Å². The van der Waals surface area contributed by atoms with Gasteiger partial charge in [0.25, 0.3) is 0 Å². The highest BCUT2D eigenvalue weighted by atomic mass is 16.4. The Balaban J connectivity index is 1.71. The average molecular weight is 461 g/mol. The van der Waals surface area contributed by atoms with E-state index >= 15 is 0 Å². The van der Waals surface area contributed by atoms with Gasteiger partial charge in [-0.2, -0.15) is 0 Å². The van der Waals surface area contributed by atoms with Gasteiger partial charge in [0.2, 0.25) is 0 Å². The summed E-state index contributed by atoms with van der Waals surface area (Å²) in [5, 5.41) is 43.4. The van der Waals surface area contributed by atoms with Crippen molar-refractivity contribution < 1.29 is 25.2 Å². The summed E-state index contributed by atoms with van der Waals surface area (Å²) in [6.45, 7) is 10.8. The van der Waals surface area contributed by atoms with Gasteiger partial charge in [-0.15, -0.1) is 0 Å². The molecule has 33 heavy (non-hydrogen) atoms. The predicted molar refractivity (Wildman–Crippen MR) is 128 cm³/mol. The Morgan fingerprint density at radius 2 is 1.70 bits per heavy atom. The normalized spacial score (nSPS) is 48.4. The molecule has 0 spiro atoms. The van der Waals surface area contributed by atoms with Crippen molar-refractivity contribution in [2.24, 2.45) is 40.4 Å². The molecule has 4 aliphatic carbocycles. The number of hydrogen-bond acceptors (Lipinski definition) is 4. The largest absolute Gasteiger partial charge is 0.478 e. The molecular weight excluding hydrogens is 416 g/mol. The Kier molecular flexibility index (Phi) is 6.65. The molecule has 0 amide bonds. The minimum atomic E-state index is -0.933. The number of aliphatic hydroxyl groups excluding tert-OH is 3. The van der Waals surface area contributed by atoms with Gasteiger partial charge in [0, 0.05) is 5.57 Å². The lowest BCUT2D eigenvalue weighted by molar-refractivity contribution is -0.190. The van der Waals surface area contributed by atoms with Crippen molar-refractivity contribution in [2.45, 2.75) is 104 Å². The topological polar surface area (TPSA) is 98.0 Å². The fourth-order valence-electron chi connectivity index (χ4n) is 8.97. The van der Waals surface area contributed by atoms with Crippen molar-refractivity contribution in [1.29, 1.82) is 0 Å². The van der Waals surface area contributed by atoms with Crippen LogP contribution in [0, 0.1) is 40.4 Å². The minimum absolute atomic E-state index is 0.0224. The van der Waals surface area contributed by atoms with Gasteiger partial charge in [0.1, 0.15) is 0 Å². The van der Waals surface area contributed by atoms with E-state index in [1.165, 1.54) is 0 Å². The van der Waals surface area contributed by atoms with E-state index in [1.807, 2.05) is 13.8 Å². The molecule has 0 bridgehead atoms. The van der Waals surface area contributed by atoms with E-state index in [-0.39, 0.29) is 40.6 Å². The molecule has 4 N–H and O–H groups in total. The molecule has 186 valence electrons. The number of allylic oxidation sites excluding steroid dienone is 2. The van der Waals surface area contributed by atoms with Gasteiger partial charge in [0.15, 0.2) is 0 Å². The Morgan fingerprint density at radius 3 is 2.33 bits per heavy atom. The van der Waals surface area contributed by atoms with Crippen molar-refractivity contribution in [3.05, 3.63) is 22.8 Å². The quantitative estimate of drug-likeness (QED) is 0.360. The van der Waals surface area contributed by atoms with Crippen molar-refractivity contribution in [1.82, 2.24) is 0 Å². The van der Waals surface area contributed by atoms with Gasteiger partial charge in [0.05, 0.1) is 18.3 Å². The van der Waals surface area contributed by atoms with Crippen molar-refractivity contribution in [2.75, 3.05) is 0 Å². The zero-order valence-corrected chi connectivity index (χ0v) is 21.1. The number of fused-ring (bicyclic) bond motifs is 5. The molecule has 0 aromatic heterocycles. The van der Waals surface area contributed by atoms with Crippen LogP contribution in [-0.2, 0) is 4.79 Å². The lowest BCUT2D eigenvalue weighted by Crippen LogP contribution is -2.61. The summed E-state index contributed by atoms with van der Waals surface area (Å²) in [4.78, 5) is 12.3. The molecule has 0 aliphatic heterocycles. The SMILES string of the molecule is CC(C)=CCC/C(C(=O)O)=C1/[C@@H](O)C[C@@]2(C)[C@H]1C[C@@H](O)[C@@H]1[C@@H]2CCC2[C@H](C)[C@H](O)CC[C@@]21C. The molecule has 0 radical (unpaired) electrons. The van der Waals surface area contributed by atoms with Crippen LogP contribution >= 0.6 is 0 Å². The highest BCUT2D eigenvalue weighted by molar-refractivity contribution is 5.88. The van der Waals surface area contributed by atoms with Crippen LogP contribution in [0.2, 0.25) is 0 Å². The van der Waals surface area contributed by atoms with Gasteiger partial charge in [-0.1, -0.05) is 32.4 Å². The van der Waals surface area contributed by atoms with Crippen LogP contribution in [0.15, 0.2) is 22.8 Å². The second kappa shape index (κ2) is 8.80. The van der Waals surface area contributed by atoms with E-state index in [9.17, 15) is 25.2 Å². The second-order valence-electron chi connectivity index (χ2n) is 12.4. The first-order valence-electron chi connectivity index (χ1n) is 13.1. The number of carbonyl (C=O) groups is 1. The lowest BCUT2D eigenvalue weighted by atomic mass is 9.42. The van der Waals surface area contributed by atoms with Crippen LogP contribution in [0.25, 0.3) is 0 Å². The minimum Gasteiger partial charge on any atom is -0.478 e. The summed E-state index contributed by atoms with van der Waals surface area (Å²) in [5.41, 5.74) is 1.97. The number of carboxylic acids is 1. The Labute approximate surface area is 199 Å². The highest BCUT2D eigenvalue weighted by Gasteiger charge is 2.65. The molecule has 0 aromatic carbocycles. The van der Waals surface area contributed by atoms with E-state index in [0.29, 0.717) is 42.7 Å². The lowest BCUT2D eigenvalue weighted by Gasteiger charge is -2.64. The maximum absolute atomic E-state index is 12.3. The Bertz CT molecular complexity index is 841. The first-order chi connectivity index (χ1) is 15.4. The summed E-state index contributed by atoms with van der Waals surface area (Å²) in [7, 11) is 0. The molecule has 4 fully saturated rings. The molecule has 4 saturated carbocycles. The van der Waals surface area contributed by atoms with Gasteiger partial charge in [-0.05, 0) is 111 Å². The van der Waals surface area contributed by atoms with Crippen molar-refractivity contribution in [3.63, 3.8) is 0 Å². The fourth-order valence-corrected chi connectivity index (χ4v) is 8.97. The van der Waals surface area contributed by atoms with Crippen molar-refractivity contribution >= 4 is 5.97 Å². The summed E-state index contributed by atoms with van der Waals surface area (Å²) in [6.07, 6.45) is 6.44. The Morgan fingerprint density at radius 1 is 1.03 bits per heavy atom. The predicted octanol–water partition coefficient (Wildman–Crippen LogP) is 4.71. The van der Waals surface area contributed by atoms with E-state index < -0.39 is 18.2 Å². The van der Waals surface area contributed by atoms with Crippen LogP contribution in [-0.4, -0.2) is 44.7 Å². The maximum atomic E-state index is 12.3. The van der Waals surface area contributed by atoms with Crippen molar-refractivity contribution in [3.8, 4) is 0 Å². The van der Waals surface area contributed by atoms with E-state index in [1.54, 1.807) is 0 Å². The summed E-state index contributed by atoms with van der Waals surface area (Å²) >= 11 is 0. The van der Waals surface area contributed by atoms with Crippen LogP contribution in [0.3, 0.4) is 0 Å². The zero-order valence-electron chi connectivity index (χ0n) is 21.1. The fraction of sp³-hybridized carbons (Fsp3) is 0.821. The molecule has 0 heterocycles.